The topological polar surface area (TPSA) is 20.2 Å². The van der Waals surface area contributed by atoms with Crippen molar-refractivity contribution in [1.82, 2.24) is 4.57 Å². The minimum absolute atomic E-state index is 0.815. The molecule has 1 N–H and O–H groups in total. The second-order valence-electron chi connectivity index (χ2n) is 15.5. The molecule has 0 bridgehead atoms. The number of thiophene rings is 1. The predicted molar refractivity (Wildman–Crippen MR) is 252 cm³/mol. The average molecular weight is 758 g/mol. The number of para-hydroxylation sites is 3. The minimum Gasteiger partial charge on any atom is -0.355 e. The SMILES string of the molecule is Cc1ccc(Nc2ccccc2-c2cc(N(c3ccccc3)c3ccccc3)c3c4c5ccccc5ccc4n4c3c2Bc2cc3sc5ccccc5c3cc2-4)cc1. The van der Waals surface area contributed by atoms with Crippen LogP contribution < -0.4 is 21.1 Å². The van der Waals surface area contributed by atoms with E-state index in [2.05, 4.69) is 210 Å². The van der Waals surface area contributed by atoms with Crippen molar-refractivity contribution in [3.63, 3.8) is 0 Å². The van der Waals surface area contributed by atoms with Crippen LogP contribution in [0.4, 0.5) is 28.4 Å². The van der Waals surface area contributed by atoms with Gasteiger partial charge in [0.05, 0.1) is 16.7 Å². The molecule has 0 unspecified atom stereocenters. The Hall–Kier alpha value is -7.08. The first kappa shape index (κ1) is 33.1. The molecule has 0 atom stereocenters. The van der Waals surface area contributed by atoms with E-state index in [0.717, 1.165) is 35.7 Å². The third kappa shape index (κ3) is 5.07. The maximum atomic E-state index is 3.83. The molecule has 9 aromatic carbocycles. The zero-order valence-electron chi connectivity index (χ0n) is 31.9. The van der Waals surface area contributed by atoms with Gasteiger partial charge in [0.25, 0.3) is 0 Å². The maximum Gasteiger partial charge on any atom is 0.198 e. The van der Waals surface area contributed by atoms with E-state index in [-0.39, 0.29) is 0 Å². The van der Waals surface area contributed by atoms with Gasteiger partial charge < -0.3 is 14.8 Å². The highest BCUT2D eigenvalue weighted by Gasteiger charge is 2.32. The van der Waals surface area contributed by atoms with Gasteiger partial charge in [0.2, 0.25) is 0 Å². The maximum absolute atomic E-state index is 3.83. The summed E-state index contributed by atoms with van der Waals surface area (Å²) in [6.45, 7) is 2.14. The molecule has 1 aliphatic rings. The zero-order chi connectivity index (χ0) is 38.3. The molecule has 0 aliphatic carbocycles. The van der Waals surface area contributed by atoms with Crippen LogP contribution in [-0.4, -0.2) is 11.8 Å². The van der Waals surface area contributed by atoms with Crippen molar-refractivity contribution in [2.45, 2.75) is 6.92 Å². The average Bonchev–Trinajstić information content (AvgIpc) is 3.82. The van der Waals surface area contributed by atoms with Gasteiger partial charge in [0, 0.05) is 64.9 Å². The van der Waals surface area contributed by atoms with E-state index in [1.54, 1.807) is 0 Å². The van der Waals surface area contributed by atoms with Gasteiger partial charge >= 0.3 is 0 Å². The summed E-state index contributed by atoms with van der Waals surface area (Å²) in [6, 6.07) is 69.1. The van der Waals surface area contributed by atoms with Gasteiger partial charge in [-0.1, -0.05) is 126 Å². The highest BCUT2D eigenvalue weighted by Crippen LogP contribution is 2.49. The number of benzene rings is 9. The Kier molecular flexibility index (Phi) is 7.41. The predicted octanol–water partition coefficient (Wildman–Crippen LogP) is 13.2. The van der Waals surface area contributed by atoms with Gasteiger partial charge in [-0.25, -0.2) is 0 Å². The van der Waals surface area contributed by atoms with Crippen LogP contribution in [0.2, 0.25) is 0 Å². The van der Waals surface area contributed by atoms with Gasteiger partial charge in [-0.05, 0) is 102 Å². The Morgan fingerprint density at radius 2 is 1.24 bits per heavy atom. The lowest BCUT2D eigenvalue weighted by atomic mass is 9.59. The second kappa shape index (κ2) is 13.0. The fraction of sp³-hybridized carbons (Fsp3) is 0.0189. The quantitative estimate of drug-likeness (QED) is 0.171. The number of aromatic nitrogens is 1. The summed E-state index contributed by atoms with van der Waals surface area (Å²) in [6.07, 6.45) is 0. The molecule has 0 spiro atoms. The number of nitrogens with zero attached hydrogens (tertiary/aromatic N) is 2. The van der Waals surface area contributed by atoms with Gasteiger partial charge in [-0.15, -0.1) is 11.3 Å². The Morgan fingerprint density at radius 3 is 2.03 bits per heavy atom. The lowest BCUT2D eigenvalue weighted by Gasteiger charge is -2.30. The highest BCUT2D eigenvalue weighted by molar-refractivity contribution is 7.26. The van der Waals surface area contributed by atoms with Crippen molar-refractivity contribution in [3.8, 4) is 16.8 Å². The summed E-state index contributed by atoms with van der Waals surface area (Å²) in [7, 11) is 0.815. The molecule has 0 saturated heterocycles. The summed E-state index contributed by atoms with van der Waals surface area (Å²) in [5, 5.41) is 11.5. The zero-order valence-corrected chi connectivity index (χ0v) is 32.7. The number of hydrogen-bond donors (Lipinski definition) is 1. The third-order valence-corrected chi connectivity index (χ3v) is 13.1. The molecule has 5 heteroatoms. The molecular weight excluding hydrogens is 721 g/mol. The summed E-state index contributed by atoms with van der Waals surface area (Å²) < 4.78 is 5.26. The number of anilines is 5. The lowest BCUT2D eigenvalue weighted by molar-refractivity contribution is 1.20. The Balaban J connectivity index is 1.26. The van der Waals surface area contributed by atoms with Crippen LogP contribution in [0.3, 0.4) is 0 Å². The van der Waals surface area contributed by atoms with Crippen molar-refractivity contribution in [2.24, 2.45) is 0 Å². The molecule has 3 heterocycles. The first-order valence-corrected chi connectivity index (χ1v) is 20.8. The molecule has 58 heavy (non-hydrogen) atoms. The van der Waals surface area contributed by atoms with Crippen LogP contribution in [0.5, 0.6) is 0 Å². The first-order valence-electron chi connectivity index (χ1n) is 20.0. The Labute approximate surface area is 341 Å². The standard InChI is InChI=1S/C53H36BN3S/c1-33-24-27-35(28-25-33)55-44-22-12-10-20-39(44)42-31-47(56(36-15-4-2-5-16-36)37-17-6-3-7-18-37)51-50-38-19-9-8-14-34(38)26-29-45(50)57-46-30-41-40-21-11-13-23-48(40)58-49(41)32-43(46)54-52(42)53(51)57/h2-32,54-55H,1H3. The molecule has 0 amide bonds. The number of hydrogen-bond acceptors (Lipinski definition) is 3. The van der Waals surface area contributed by atoms with E-state index < -0.39 is 0 Å². The van der Waals surface area contributed by atoms with Gasteiger partial charge in [-0.3, -0.25) is 0 Å². The van der Waals surface area contributed by atoms with Gasteiger partial charge in [-0.2, -0.15) is 0 Å². The highest BCUT2D eigenvalue weighted by atomic mass is 32.1. The Morgan fingerprint density at radius 1 is 0.552 bits per heavy atom. The molecule has 0 radical (unpaired) electrons. The molecule has 272 valence electrons. The van der Waals surface area contributed by atoms with Crippen LogP contribution in [0.25, 0.3) is 69.6 Å². The second-order valence-corrected chi connectivity index (χ2v) is 16.5. The molecule has 12 rings (SSSR count). The number of rotatable bonds is 6. The van der Waals surface area contributed by atoms with Crippen molar-refractivity contribution in [3.05, 3.63) is 194 Å². The van der Waals surface area contributed by atoms with E-state index in [0.29, 0.717) is 0 Å². The van der Waals surface area contributed by atoms with Crippen LogP contribution in [0.1, 0.15) is 5.56 Å². The van der Waals surface area contributed by atoms with E-state index in [1.807, 2.05) is 11.3 Å². The lowest BCUT2D eigenvalue weighted by Crippen LogP contribution is -2.37. The number of nitrogens with one attached hydrogen (secondary N) is 1. The van der Waals surface area contributed by atoms with E-state index >= 15 is 0 Å². The normalized spacial score (nSPS) is 12.0. The molecule has 1 aliphatic heterocycles. The van der Waals surface area contributed by atoms with Crippen LogP contribution in [-0.2, 0) is 0 Å². The first-order chi connectivity index (χ1) is 28.7. The molecule has 11 aromatic rings. The molecule has 0 saturated carbocycles. The fourth-order valence-corrected chi connectivity index (χ4v) is 10.6. The van der Waals surface area contributed by atoms with Crippen molar-refractivity contribution < 1.29 is 0 Å². The van der Waals surface area contributed by atoms with Gasteiger partial charge in [0.15, 0.2) is 7.28 Å². The molecule has 2 aromatic heterocycles. The monoisotopic (exact) mass is 757 g/mol. The van der Waals surface area contributed by atoms with Crippen LogP contribution in [0, 0.1) is 6.92 Å². The Bertz CT molecular complexity index is 3360. The van der Waals surface area contributed by atoms with Crippen molar-refractivity contribution in [2.75, 3.05) is 10.2 Å². The summed E-state index contributed by atoms with van der Waals surface area (Å²) >= 11 is 1.90. The smallest absolute Gasteiger partial charge is 0.198 e. The molecule has 0 fully saturated rings. The summed E-state index contributed by atoms with van der Waals surface area (Å²) in [5.41, 5.74) is 15.6. The summed E-state index contributed by atoms with van der Waals surface area (Å²) in [5.74, 6) is 0. The number of fused-ring (bicyclic) bond motifs is 10. The third-order valence-electron chi connectivity index (χ3n) is 12.0. The molecule has 3 nitrogen and oxygen atoms in total. The molecular formula is C53H36BN3S. The fourth-order valence-electron chi connectivity index (χ4n) is 9.41. The minimum atomic E-state index is 0.815. The summed E-state index contributed by atoms with van der Waals surface area (Å²) in [4.78, 5) is 2.47. The van der Waals surface area contributed by atoms with Crippen molar-refractivity contribution >= 4 is 111 Å². The largest absolute Gasteiger partial charge is 0.355 e. The van der Waals surface area contributed by atoms with E-state index in [4.69, 9.17) is 0 Å². The van der Waals surface area contributed by atoms with Crippen LogP contribution in [0.15, 0.2) is 188 Å². The van der Waals surface area contributed by atoms with Gasteiger partial charge in [0.1, 0.15) is 0 Å². The number of aryl methyl sites for hydroxylation is 1. The van der Waals surface area contributed by atoms with Crippen LogP contribution >= 0.6 is 11.3 Å². The van der Waals surface area contributed by atoms with E-state index in [9.17, 15) is 0 Å². The van der Waals surface area contributed by atoms with E-state index in [1.165, 1.54) is 86.1 Å². The van der Waals surface area contributed by atoms with Crippen molar-refractivity contribution in [1.29, 1.82) is 0 Å².